The molecule has 0 spiro atoms. The minimum atomic E-state index is 0.384. The molecule has 2 aromatic rings. The highest BCUT2D eigenvalue weighted by Crippen LogP contribution is 2.28. The molecule has 100 valence electrons. The van der Waals surface area contributed by atoms with Crippen molar-refractivity contribution in [2.24, 2.45) is 0 Å². The number of rotatable bonds is 5. The standard InChI is InChI=1S/C14H14BrClN2O/c1-2-17-14-5-3-4-11(18-14)9-19-13-8-10(15)6-7-12(13)16/h3-8H,2,9H2,1H3,(H,17,18). The summed E-state index contributed by atoms with van der Waals surface area (Å²) in [5, 5.41) is 3.76. The highest BCUT2D eigenvalue weighted by atomic mass is 79.9. The Morgan fingerprint density at radius 2 is 2.16 bits per heavy atom. The summed E-state index contributed by atoms with van der Waals surface area (Å²) in [4.78, 5) is 4.44. The van der Waals surface area contributed by atoms with Crippen LogP contribution in [0.2, 0.25) is 5.02 Å². The summed E-state index contributed by atoms with van der Waals surface area (Å²) in [7, 11) is 0. The average Bonchev–Trinajstić information content (AvgIpc) is 2.41. The molecule has 0 bridgehead atoms. The van der Waals surface area contributed by atoms with Crippen LogP contribution in [-0.4, -0.2) is 11.5 Å². The van der Waals surface area contributed by atoms with Crippen LogP contribution in [0.5, 0.6) is 5.75 Å². The molecule has 0 saturated carbocycles. The Labute approximate surface area is 126 Å². The van der Waals surface area contributed by atoms with Crippen LogP contribution in [0.25, 0.3) is 0 Å². The molecular formula is C14H14BrClN2O. The zero-order valence-corrected chi connectivity index (χ0v) is 12.8. The molecule has 0 saturated heterocycles. The maximum absolute atomic E-state index is 6.06. The van der Waals surface area contributed by atoms with Gasteiger partial charge in [0.1, 0.15) is 18.2 Å². The minimum Gasteiger partial charge on any atom is -0.486 e. The van der Waals surface area contributed by atoms with Gasteiger partial charge in [-0.05, 0) is 37.3 Å². The zero-order valence-electron chi connectivity index (χ0n) is 10.5. The number of hydrogen-bond acceptors (Lipinski definition) is 3. The van der Waals surface area contributed by atoms with Gasteiger partial charge in [0.15, 0.2) is 0 Å². The van der Waals surface area contributed by atoms with Gasteiger partial charge in [-0.1, -0.05) is 33.6 Å². The lowest BCUT2D eigenvalue weighted by atomic mass is 10.3. The first kappa shape index (κ1) is 14.2. The first-order chi connectivity index (χ1) is 9.19. The van der Waals surface area contributed by atoms with Gasteiger partial charge in [-0.15, -0.1) is 0 Å². The molecule has 1 aromatic heterocycles. The lowest BCUT2D eigenvalue weighted by Gasteiger charge is -2.09. The van der Waals surface area contributed by atoms with E-state index in [0.717, 1.165) is 22.5 Å². The van der Waals surface area contributed by atoms with Gasteiger partial charge in [0.05, 0.1) is 10.7 Å². The van der Waals surface area contributed by atoms with Crippen molar-refractivity contribution in [2.75, 3.05) is 11.9 Å². The van der Waals surface area contributed by atoms with Crippen LogP contribution in [0.15, 0.2) is 40.9 Å². The molecule has 1 N–H and O–H groups in total. The number of hydrogen-bond donors (Lipinski definition) is 1. The summed E-state index contributed by atoms with van der Waals surface area (Å²) < 4.78 is 6.62. The Kier molecular flexibility index (Phi) is 5.05. The topological polar surface area (TPSA) is 34.1 Å². The molecule has 0 aliphatic heterocycles. The van der Waals surface area contributed by atoms with Crippen LogP contribution in [0.3, 0.4) is 0 Å². The molecular weight excluding hydrogens is 328 g/mol. The number of pyridine rings is 1. The summed E-state index contributed by atoms with van der Waals surface area (Å²) in [6, 6.07) is 11.3. The van der Waals surface area contributed by atoms with Crippen molar-refractivity contribution in [1.29, 1.82) is 0 Å². The summed E-state index contributed by atoms with van der Waals surface area (Å²) in [5.74, 6) is 1.50. The highest BCUT2D eigenvalue weighted by Gasteiger charge is 2.04. The third-order valence-electron chi connectivity index (χ3n) is 2.43. The molecule has 0 atom stereocenters. The Balaban J connectivity index is 2.05. The van der Waals surface area contributed by atoms with Gasteiger partial charge in [-0.25, -0.2) is 4.98 Å². The maximum Gasteiger partial charge on any atom is 0.139 e. The van der Waals surface area contributed by atoms with E-state index < -0.39 is 0 Å². The second-order valence-electron chi connectivity index (χ2n) is 3.91. The molecule has 5 heteroatoms. The number of aromatic nitrogens is 1. The summed E-state index contributed by atoms with van der Waals surface area (Å²) in [5.41, 5.74) is 0.856. The predicted molar refractivity (Wildman–Crippen MR) is 81.9 cm³/mol. The minimum absolute atomic E-state index is 0.384. The number of nitrogens with zero attached hydrogens (tertiary/aromatic N) is 1. The summed E-state index contributed by atoms with van der Waals surface area (Å²) >= 11 is 9.46. The molecule has 0 amide bonds. The smallest absolute Gasteiger partial charge is 0.139 e. The monoisotopic (exact) mass is 340 g/mol. The van der Waals surface area contributed by atoms with Crippen LogP contribution in [-0.2, 0) is 6.61 Å². The van der Waals surface area contributed by atoms with Crippen LogP contribution >= 0.6 is 27.5 Å². The lowest BCUT2D eigenvalue weighted by Crippen LogP contribution is -2.03. The van der Waals surface area contributed by atoms with E-state index in [1.807, 2.05) is 37.3 Å². The molecule has 0 fully saturated rings. The molecule has 1 aromatic carbocycles. The molecule has 0 aliphatic rings. The van der Waals surface area contributed by atoms with Gasteiger partial charge >= 0.3 is 0 Å². The summed E-state index contributed by atoms with van der Waals surface area (Å²) in [6.07, 6.45) is 0. The first-order valence-electron chi connectivity index (χ1n) is 5.96. The molecule has 0 aliphatic carbocycles. The van der Waals surface area contributed by atoms with Crippen molar-refractivity contribution in [3.8, 4) is 5.75 Å². The Morgan fingerprint density at radius 3 is 2.95 bits per heavy atom. The Hall–Kier alpha value is -1.26. The highest BCUT2D eigenvalue weighted by molar-refractivity contribution is 9.10. The average molecular weight is 342 g/mol. The van der Waals surface area contributed by atoms with Gasteiger partial charge in [0.2, 0.25) is 0 Å². The number of benzene rings is 1. The van der Waals surface area contributed by atoms with Gasteiger partial charge in [-0.2, -0.15) is 0 Å². The fourth-order valence-electron chi connectivity index (χ4n) is 1.58. The van der Waals surface area contributed by atoms with E-state index >= 15 is 0 Å². The number of anilines is 1. The van der Waals surface area contributed by atoms with Gasteiger partial charge in [0.25, 0.3) is 0 Å². The second kappa shape index (κ2) is 6.78. The third kappa shape index (κ3) is 4.11. The maximum atomic E-state index is 6.06. The van der Waals surface area contributed by atoms with E-state index in [1.165, 1.54) is 0 Å². The molecule has 2 rings (SSSR count). The lowest BCUT2D eigenvalue weighted by molar-refractivity contribution is 0.301. The van der Waals surface area contributed by atoms with Crippen molar-refractivity contribution < 1.29 is 4.74 Å². The predicted octanol–water partition coefficient (Wildman–Crippen LogP) is 4.51. The zero-order chi connectivity index (χ0) is 13.7. The Bertz CT molecular complexity index is 563. The van der Waals surface area contributed by atoms with Crippen LogP contribution in [0.1, 0.15) is 12.6 Å². The fraction of sp³-hybridized carbons (Fsp3) is 0.214. The fourth-order valence-corrected chi connectivity index (χ4v) is 2.09. The largest absolute Gasteiger partial charge is 0.486 e. The second-order valence-corrected chi connectivity index (χ2v) is 5.23. The number of nitrogens with one attached hydrogen (secondary N) is 1. The molecule has 1 heterocycles. The van der Waals surface area contributed by atoms with Crippen LogP contribution < -0.4 is 10.1 Å². The van der Waals surface area contributed by atoms with Gasteiger partial charge in [0, 0.05) is 11.0 Å². The van der Waals surface area contributed by atoms with E-state index in [2.05, 4.69) is 26.2 Å². The van der Waals surface area contributed by atoms with Crippen molar-refractivity contribution in [3.05, 3.63) is 51.6 Å². The summed E-state index contributed by atoms with van der Waals surface area (Å²) in [6.45, 7) is 3.26. The molecule has 19 heavy (non-hydrogen) atoms. The van der Waals surface area contributed by atoms with Crippen LogP contribution in [0.4, 0.5) is 5.82 Å². The van der Waals surface area contributed by atoms with Crippen molar-refractivity contribution in [1.82, 2.24) is 4.98 Å². The number of ether oxygens (including phenoxy) is 1. The van der Waals surface area contributed by atoms with Crippen molar-refractivity contribution in [3.63, 3.8) is 0 Å². The normalized spacial score (nSPS) is 10.3. The van der Waals surface area contributed by atoms with Gasteiger partial charge < -0.3 is 10.1 Å². The number of halogens is 2. The SMILES string of the molecule is CCNc1cccc(COc2cc(Br)ccc2Cl)n1. The van der Waals surface area contributed by atoms with Crippen molar-refractivity contribution >= 4 is 33.3 Å². The van der Waals surface area contributed by atoms with E-state index in [0.29, 0.717) is 17.4 Å². The van der Waals surface area contributed by atoms with E-state index in [9.17, 15) is 0 Å². The van der Waals surface area contributed by atoms with Gasteiger partial charge in [-0.3, -0.25) is 0 Å². The van der Waals surface area contributed by atoms with Crippen molar-refractivity contribution in [2.45, 2.75) is 13.5 Å². The van der Waals surface area contributed by atoms with Crippen LogP contribution in [0, 0.1) is 0 Å². The molecule has 3 nitrogen and oxygen atoms in total. The molecule has 0 radical (unpaired) electrons. The first-order valence-corrected chi connectivity index (χ1v) is 7.14. The van der Waals surface area contributed by atoms with E-state index in [-0.39, 0.29) is 0 Å². The quantitative estimate of drug-likeness (QED) is 0.869. The third-order valence-corrected chi connectivity index (χ3v) is 3.24. The molecule has 0 unspecified atom stereocenters. The van der Waals surface area contributed by atoms with E-state index in [1.54, 1.807) is 6.07 Å². The Morgan fingerprint density at radius 1 is 1.32 bits per heavy atom. The van der Waals surface area contributed by atoms with E-state index in [4.69, 9.17) is 16.3 Å².